The molecule has 6 heteroatoms. The van der Waals surface area contributed by atoms with Crippen LogP contribution in [0.3, 0.4) is 0 Å². The highest BCUT2D eigenvalue weighted by atomic mass is 35.5. The maximum atomic E-state index is 13.7. The van der Waals surface area contributed by atoms with Crippen LogP contribution in [0.1, 0.15) is 11.1 Å². The summed E-state index contributed by atoms with van der Waals surface area (Å²) >= 11 is 12.1. The van der Waals surface area contributed by atoms with Crippen LogP contribution >= 0.6 is 23.2 Å². The Morgan fingerprint density at radius 3 is 1.50 bits per heavy atom. The molecule has 0 bridgehead atoms. The van der Waals surface area contributed by atoms with Crippen LogP contribution in [-0.4, -0.2) is 9.97 Å². The largest absolute Gasteiger partial charge is 0.243 e. The quantitative estimate of drug-likeness (QED) is 0.547. The lowest BCUT2D eigenvalue weighted by Gasteiger charge is -2.08. The summed E-state index contributed by atoms with van der Waals surface area (Å²) in [6, 6.07) is 2.50. The third-order valence-electron chi connectivity index (χ3n) is 3.27. The second-order valence-electron chi connectivity index (χ2n) is 4.55. The summed E-state index contributed by atoms with van der Waals surface area (Å²) < 4.78 is 27.4. The predicted molar refractivity (Wildman–Crippen MR) is 76.5 cm³/mol. The molecule has 0 spiro atoms. The molecular formula is C14H8Cl2F2N2. The Morgan fingerprint density at radius 1 is 0.800 bits per heavy atom. The molecule has 1 heterocycles. The van der Waals surface area contributed by atoms with Crippen molar-refractivity contribution in [3.05, 3.63) is 44.9 Å². The van der Waals surface area contributed by atoms with Gasteiger partial charge in [0.25, 0.3) is 0 Å². The van der Waals surface area contributed by atoms with E-state index in [-0.39, 0.29) is 21.2 Å². The first kappa shape index (κ1) is 13.5. The maximum absolute atomic E-state index is 13.7. The van der Waals surface area contributed by atoms with E-state index in [0.29, 0.717) is 22.1 Å². The highest BCUT2D eigenvalue weighted by Crippen LogP contribution is 2.32. The van der Waals surface area contributed by atoms with Gasteiger partial charge in [-0.25, -0.2) is 18.7 Å². The minimum absolute atomic E-state index is 0.173. The normalized spacial score (nSPS) is 11.5. The summed E-state index contributed by atoms with van der Waals surface area (Å²) in [5.74, 6) is -0.933. The van der Waals surface area contributed by atoms with Crippen LogP contribution in [0.25, 0.3) is 22.1 Å². The fourth-order valence-corrected chi connectivity index (χ4v) is 2.47. The zero-order valence-corrected chi connectivity index (χ0v) is 12.1. The second-order valence-corrected chi connectivity index (χ2v) is 5.31. The molecule has 3 aromatic rings. The molecule has 102 valence electrons. The topological polar surface area (TPSA) is 25.8 Å². The molecule has 0 aliphatic carbocycles. The van der Waals surface area contributed by atoms with Crippen LogP contribution in [0.4, 0.5) is 8.78 Å². The van der Waals surface area contributed by atoms with E-state index in [9.17, 15) is 8.78 Å². The van der Waals surface area contributed by atoms with Crippen LogP contribution in [0, 0.1) is 25.5 Å². The molecule has 0 radical (unpaired) electrons. The van der Waals surface area contributed by atoms with Crippen molar-refractivity contribution < 1.29 is 8.78 Å². The van der Waals surface area contributed by atoms with Crippen molar-refractivity contribution in [2.24, 2.45) is 0 Å². The average molecular weight is 313 g/mol. The van der Waals surface area contributed by atoms with Crippen molar-refractivity contribution in [3.63, 3.8) is 0 Å². The summed E-state index contributed by atoms with van der Waals surface area (Å²) in [5, 5.41) is 0.345. The molecule has 0 unspecified atom stereocenters. The molecule has 2 nitrogen and oxygen atoms in total. The summed E-state index contributed by atoms with van der Waals surface area (Å²) in [5.41, 5.74) is 1.81. The van der Waals surface area contributed by atoms with Crippen molar-refractivity contribution in [1.29, 1.82) is 0 Å². The fraction of sp³-hybridized carbons (Fsp3) is 0.143. The van der Waals surface area contributed by atoms with Crippen LogP contribution in [0.15, 0.2) is 12.1 Å². The average Bonchev–Trinajstić information content (AvgIpc) is 2.42. The molecule has 0 amide bonds. The highest BCUT2D eigenvalue weighted by Gasteiger charge is 2.15. The minimum Gasteiger partial charge on any atom is -0.243 e. The summed E-state index contributed by atoms with van der Waals surface area (Å²) in [7, 11) is 0. The molecule has 2 aromatic carbocycles. The maximum Gasteiger partial charge on any atom is 0.129 e. The van der Waals surface area contributed by atoms with Crippen LogP contribution < -0.4 is 0 Å². The van der Waals surface area contributed by atoms with Crippen LogP contribution in [0.2, 0.25) is 10.0 Å². The lowest BCUT2D eigenvalue weighted by atomic mass is 10.1. The molecule has 20 heavy (non-hydrogen) atoms. The molecule has 0 saturated heterocycles. The van der Waals surface area contributed by atoms with E-state index < -0.39 is 11.6 Å². The minimum atomic E-state index is -0.467. The van der Waals surface area contributed by atoms with Gasteiger partial charge in [-0.3, -0.25) is 0 Å². The van der Waals surface area contributed by atoms with E-state index >= 15 is 0 Å². The van der Waals surface area contributed by atoms with Gasteiger partial charge in [-0.1, -0.05) is 23.2 Å². The summed E-state index contributed by atoms with van der Waals surface area (Å²) in [4.78, 5) is 8.51. The number of hydrogen-bond acceptors (Lipinski definition) is 2. The van der Waals surface area contributed by atoms with Crippen molar-refractivity contribution in [1.82, 2.24) is 9.97 Å². The van der Waals surface area contributed by atoms with E-state index in [4.69, 9.17) is 23.2 Å². The van der Waals surface area contributed by atoms with Crippen LogP contribution in [-0.2, 0) is 0 Å². The number of aromatic nitrogens is 2. The molecule has 3 rings (SSSR count). The van der Waals surface area contributed by atoms with Crippen molar-refractivity contribution >= 4 is 45.3 Å². The third kappa shape index (κ3) is 1.83. The molecule has 0 aliphatic heterocycles. The lowest BCUT2D eigenvalue weighted by Crippen LogP contribution is -1.96. The Balaban J connectivity index is 2.53. The lowest BCUT2D eigenvalue weighted by molar-refractivity contribution is 0.619. The number of fused-ring (bicyclic) bond motifs is 2. The molecule has 0 N–H and O–H groups in total. The van der Waals surface area contributed by atoms with E-state index in [1.807, 2.05) is 0 Å². The Hall–Kier alpha value is -1.52. The van der Waals surface area contributed by atoms with Gasteiger partial charge in [-0.2, -0.15) is 0 Å². The predicted octanol–water partition coefficient (Wildman–Crippen LogP) is 4.98. The van der Waals surface area contributed by atoms with Crippen LogP contribution in [0.5, 0.6) is 0 Å². The number of rotatable bonds is 0. The van der Waals surface area contributed by atoms with Gasteiger partial charge in [0.05, 0.1) is 21.1 Å². The van der Waals surface area contributed by atoms with Crippen molar-refractivity contribution in [3.8, 4) is 0 Å². The van der Waals surface area contributed by atoms with Crippen molar-refractivity contribution in [2.45, 2.75) is 13.8 Å². The standard InChI is InChI=1S/C14H8Cl2F2N2/c1-5-7(17)3-9-13(11(5)15)19-10-4-8(18)6(2)12(16)14(10)20-9/h3-4H,1-2H3. The first-order chi connectivity index (χ1) is 9.40. The fourth-order valence-electron chi connectivity index (χ4n) is 2.01. The van der Waals surface area contributed by atoms with E-state index in [0.717, 1.165) is 0 Å². The van der Waals surface area contributed by atoms with Gasteiger partial charge in [-0.05, 0) is 13.8 Å². The van der Waals surface area contributed by atoms with Gasteiger partial charge < -0.3 is 0 Å². The molecule has 0 saturated carbocycles. The Bertz CT molecular complexity index is 805. The molecule has 0 aliphatic rings. The van der Waals surface area contributed by atoms with Gasteiger partial charge in [0.15, 0.2) is 0 Å². The molecule has 0 atom stereocenters. The summed E-state index contributed by atoms with van der Waals surface area (Å²) in [6.45, 7) is 3.09. The van der Waals surface area contributed by atoms with Gasteiger partial charge in [0.2, 0.25) is 0 Å². The first-order valence-corrected chi connectivity index (χ1v) is 6.56. The van der Waals surface area contributed by atoms with E-state index in [1.165, 1.54) is 12.1 Å². The number of halogens is 4. The zero-order valence-electron chi connectivity index (χ0n) is 10.6. The Kier molecular flexibility index (Phi) is 3.03. The Morgan fingerprint density at radius 2 is 1.15 bits per heavy atom. The summed E-state index contributed by atoms with van der Waals surface area (Å²) in [6.07, 6.45) is 0. The molecular weight excluding hydrogens is 305 g/mol. The number of hydrogen-bond donors (Lipinski definition) is 0. The first-order valence-electron chi connectivity index (χ1n) is 5.81. The highest BCUT2D eigenvalue weighted by molar-refractivity contribution is 6.37. The van der Waals surface area contributed by atoms with E-state index in [1.54, 1.807) is 13.8 Å². The SMILES string of the molecule is Cc1c(F)cc2nc3c(Cl)c(C)c(F)cc3nc2c1Cl. The second kappa shape index (κ2) is 4.50. The number of benzene rings is 2. The van der Waals surface area contributed by atoms with Crippen molar-refractivity contribution in [2.75, 3.05) is 0 Å². The third-order valence-corrected chi connectivity index (χ3v) is 4.19. The van der Waals surface area contributed by atoms with Gasteiger partial charge in [0.1, 0.15) is 22.7 Å². The Labute approximate surface area is 123 Å². The molecule has 0 fully saturated rings. The smallest absolute Gasteiger partial charge is 0.129 e. The molecule has 1 aromatic heterocycles. The monoisotopic (exact) mass is 312 g/mol. The zero-order chi connectivity index (χ0) is 14.6. The number of nitrogens with zero attached hydrogens (tertiary/aromatic N) is 2. The van der Waals surface area contributed by atoms with Gasteiger partial charge >= 0.3 is 0 Å². The van der Waals surface area contributed by atoms with E-state index in [2.05, 4.69) is 9.97 Å². The van der Waals surface area contributed by atoms with Gasteiger partial charge in [-0.15, -0.1) is 0 Å². The van der Waals surface area contributed by atoms with Gasteiger partial charge in [0, 0.05) is 23.3 Å².